The molecule has 0 amide bonds. The Morgan fingerprint density at radius 1 is 1.44 bits per heavy atom. The van der Waals surface area contributed by atoms with Gasteiger partial charge in [0.25, 0.3) is 0 Å². The van der Waals surface area contributed by atoms with E-state index in [1.807, 2.05) is 13.8 Å². The molecule has 0 aliphatic carbocycles. The normalized spacial score (nSPS) is 14.5. The maximum absolute atomic E-state index is 11.2. The third-order valence-electron chi connectivity index (χ3n) is 2.78. The molecule has 0 aromatic heterocycles. The quantitative estimate of drug-likeness (QED) is 0.881. The van der Waals surface area contributed by atoms with Gasteiger partial charge in [-0.3, -0.25) is 4.79 Å². The summed E-state index contributed by atoms with van der Waals surface area (Å²) in [4.78, 5) is 11.2. The first-order valence-corrected chi connectivity index (χ1v) is 5.90. The Hall–Kier alpha value is -0.730. The van der Waals surface area contributed by atoms with E-state index in [9.17, 15) is 9.90 Å². The summed E-state index contributed by atoms with van der Waals surface area (Å²) in [6, 6.07) is 4.94. The Morgan fingerprint density at radius 2 is 2.06 bits per heavy atom. The van der Waals surface area contributed by atoms with E-state index in [-0.39, 0.29) is 5.92 Å². The van der Waals surface area contributed by atoms with Crippen molar-refractivity contribution in [1.82, 2.24) is 0 Å². The third kappa shape index (κ3) is 2.89. The van der Waals surface area contributed by atoms with E-state index in [0.29, 0.717) is 15.6 Å². The first-order valence-electron chi connectivity index (χ1n) is 5.15. The molecule has 0 radical (unpaired) electrons. The van der Waals surface area contributed by atoms with Crippen LogP contribution in [0.1, 0.15) is 31.7 Å². The number of halogens is 2. The van der Waals surface area contributed by atoms with Crippen LogP contribution in [0, 0.1) is 5.92 Å². The van der Waals surface area contributed by atoms with Crippen LogP contribution in [-0.4, -0.2) is 11.1 Å². The summed E-state index contributed by atoms with van der Waals surface area (Å²) in [5.74, 6) is -1.38. The lowest BCUT2D eigenvalue weighted by Gasteiger charge is -2.20. The standard InChI is InChI=1S/C12H14Cl2O2/c1-3-7(2)11(12(15)16)9-5-4-8(13)6-10(9)14/h4-7,11H,3H2,1-2H3,(H,15,16). The first-order chi connectivity index (χ1) is 7.47. The molecular formula is C12H14Cl2O2. The predicted octanol–water partition coefficient (Wildman–Crippen LogP) is 4.21. The van der Waals surface area contributed by atoms with Crippen LogP contribution in [0.25, 0.3) is 0 Å². The Balaban J connectivity index is 3.16. The van der Waals surface area contributed by atoms with Crippen LogP contribution in [0.15, 0.2) is 18.2 Å². The molecule has 1 aromatic carbocycles. The number of benzene rings is 1. The average molecular weight is 261 g/mol. The van der Waals surface area contributed by atoms with E-state index in [2.05, 4.69) is 0 Å². The maximum atomic E-state index is 11.2. The average Bonchev–Trinajstić information content (AvgIpc) is 2.21. The van der Waals surface area contributed by atoms with Crippen LogP contribution in [0.5, 0.6) is 0 Å². The van der Waals surface area contributed by atoms with Crippen molar-refractivity contribution in [2.45, 2.75) is 26.2 Å². The summed E-state index contributed by atoms with van der Waals surface area (Å²) in [5, 5.41) is 10.2. The molecule has 0 aliphatic rings. The molecule has 1 N–H and O–H groups in total. The molecule has 1 aromatic rings. The molecular weight excluding hydrogens is 247 g/mol. The van der Waals surface area contributed by atoms with Crippen molar-refractivity contribution >= 4 is 29.2 Å². The van der Waals surface area contributed by atoms with Crippen molar-refractivity contribution < 1.29 is 9.90 Å². The molecule has 0 heterocycles. The Bertz CT molecular complexity index is 391. The Labute approximate surface area is 105 Å². The second kappa shape index (κ2) is 5.55. The molecule has 2 nitrogen and oxygen atoms in total. The smallest absolute Gasteiger partial charge is 0.311 e. The molecule has 1 rings (SSSR count). The van der Waals surface area contributed by atoms with Crippen LogP contribution in [-0.2, 0) is 4.79 Å². The number of aliphatic carboxylic acids is 1. The lowest BCUT2D eigenvalue weighted by atomic mass is 9.86. The zero-order chi connectivity index (χ0) is 12.3. The van der Waals surface area contributed by atoms with Crippen molar-refractivity contribution in [3.05, 3.63) is 33.8 Å². The van der Waals surface area contributed by atoms with Gasteiger partial charge in [0, 0.05) is 10.0 Å². The molecule has 0 fully saturated rings. The number of carboxylic acid groups (broad SMARTS) is 1. The third-order valence-corrected chi connectivity index (χ3v) is 3.34. The van der Waals surface area contributed by atoms with Crippen molar-refractivity contribution in [3.63, 3.8) is 0 Å². The maximum Gasteiger partial charge on any atom is 0.311 e. The van der Waals surface area contributed by atoms with Gasteiger partial charge in [-0.2, -0.15) is 0 Å². The molecule has 2 unspecified atom stereocenters. The fourth-order valence-corrected chi connectivity index (χ4v) is 2.20. The van der Waals surface area contributed by atoms with E-state index in [1.165, 1.54) is 0 Å². The molecule has 2 atom stereocenters. The van der Waals surface area contributed by atoms with Gasteiger partial charge in [-0.05, 0) is 23.6 Å². The monoisotopic (exact) mass is 260 g/mol. The number of carboxylic acids is 1. The molecule has 0 spiro atoms. The minimum Gasteiger partial charge on any atom is -0.481 e. The van der Waals surface area contributed by atoms with Crippen LogP contribution in [0.4, 0.5) is 0 Å². The van der Waals surface area contributed by atoms with Gasteiger partial charge in [-0.1, -0.05) is 49.5 Å². The SMILES string of the molecule is CCC(C)C(C(=O)O)c1ccc(Cl)cc1Cl. The van der Waals surface area contributed by atoms with E-state index in [0.717, 1.165) is 6.42 Å². The van der Waals surface area contributed by atoms with Gasteiger partial charge in [0.2, 0.25) is 0 Å². The van der Waals surface area contributed by atoms with E-state index in [4.69, 9.17) is 23.2 Å². The van der Waals surface area contributed by atoms with Gasteiger partial charge in [0.05, 0.1) is 5.92 Å². The summed E-state index contributed by atoms with van der Waals surface area (Å²) >= 11 is 11.8. The highest BCUT2D eigenvalue weighted by atomic mass is 35.5. The molecule has 88 valence electrons. The number of rotatable bonds is 4. The summed E-state index contributed by atoms with van der Waals surface area (Å²) in [5.41, 5.74) is 0.632. The summed E-state index contributed by atoms with van der Waals surface area (Å²) in [6.45, 7) is 3.87. The molecule has 4 heteroatoms. The fraction of sp³-hybridized carbons (Fsp3) is 0.417. The number of carbonyl (C=O) groups is 1. The van der Waals surface area contributed by atoms with Crippen molar-refractivity contribution in [3.8, 4) is 0 Å². The Morgan fingerprint density at radius 3 is 2.50 bits per heavy atom. The Kier molecular flexibility index (Phi) is 4.63. The van der Waals surface area contributed by atoms with E-state index < -0.39 is 11.9 Å². The minimum atomic E-state index is -0.849. The second-order valence-corrected chi connectivity index (χ2v) is 4.71. The van der Waals surface area contributed by atoms with Gasteiger partial charge in [0.15, 0.2) is 0 Å². The fourth-order valence-electron chi connectivity index (χ4n) is 1.67. The lowest BCUT2D eigenvalue weighted by molar-refractivity contribution is -0.140. The number of hydrogen-bond donors (Lipinski definition) is 1. The highest BCUT2D eigenvalue weighted by Gasteiger charge is 2.27. The van der Waals surface area contributed by atoms with Crippen LogP contribution in [0.3, 0.4) is 0 Å². The van der Waals surface area contributed by atoms with Gasteiger partial charge >= 0.3 is 5.97 Å². The minimum absolute atomic E-state index is 0.0381. The predicted molar refractivity (Wildman–Crippen MR) is 66.3 cm³/mol. The highest BCUT2D eigenvalue weighted by molar-refractivity contribution is 6.35. The summed E-state index contributed by atoms with van der Waals surface area (Å²) in [7, 11) is 0. The molecule has 0 saturated heterocycles. The molecule has 0 saturated carbocycles. The highest BCUT2D eigenvalue weighted by Crippen LogP contribution is 2.33. The van der Waals surface area contributed by atoms with E-state index in [1.54, 1.807) is 18.2 Å². The van der Waals surface area contributed by atoms with Gasteiger partial charge in [0.1, 0.15) is 0 Å². The summed E-state index contributed by atoms with van der Waals surface area (Å²) in [6.07, 6.45) is 0.788. The van der Waals surface area contributed by atoms with Gasteiger partial charge in [-0.15, -0.1) is 0 Å². The zero-order valence-corrected chi connectivity index (χ0v) is 10.7. The second-order valence-electron chi connectivity index (χ2n) is 3.87. The summed E-state index contributed by atoms with van der Waals surface area (Å²) < 4.78 is 0. The van der Waals surface area contributed by atoms with Crippen molar-refractivity contribution in [2.24, 2.45) is 5.92 Å². The molecule has 16 heavy (non-hydrogen) atoms. The zero-order valence-electron chi connectivity index (χ0n) is 9.21. The number of hydrogen-bond acceptors (Lipinski definition) is 1. The van der Waals surface area contributed by atoms with Crippen LogP contribution >= 0.6 is 23.2 Å². The van der Waals surface area contributed by atoms with Crippen molar-refractivity contribution in [2.75, 3.05) is 0 Å². The molecule has 0 aliphatic heterocycles. The van der Waals surface area contributed by atoms with E-state index >= 15 is 0 Å². The topological polar surface area (TPSA) is 37.3 Å². The van der Waals surface area contributed by atoms with Crippen LogP contribution < -0.4 is 0 Å². The van der Waals surface area contributed by atoms with Gasteiger partial charge < -0.3 is 5.11 Å². The lowest BCUT2D eigenvalue weighted by Crippen LogP contribution is -2.19. The van der Waals surface area contributed by atoms with Crippen molar-refractivity contribution in [1.29, 1.82) is 0 Å². The van der Waals surface area contributed by atoms with Gasteiger partial charge in [-0.25, -0.2) is 0 Å². The van der Waals surface area contributed by atoms with Crippen LogP contribution in [0.2, 0.25) is 10.0 Å². The first kappa shape index (κ1) is 13.3. The molecule has 0 bridgehead atoms. The largest absolute Gasteiger partial charge is 0.481 e.